The quantitative estimate of drug-likeness (QED) is 0.552. The summed E-state index contributed by atoms with van der Waals surface area (Å²) in [6.45, 7) is 1.01. The van der Waals surface area contributed by atoms with Crippen molar-refractivity contribution in [2.24, 2.45) is 5.73 Å². The van der Waals surface area contributed by atoms with Gasteiger partial charge in [-0.15, -0.1) is 0 Å². The summed E-state index contributed by atoms with van der Waals surface area (Å²) in [5.74, 6) is -0.307. The summed E-state index contributed by atoms with van der Waals surface area (Å²) in [7, 11) is -4.16. The summed E-state index contributed by atoms with van der Waals surface area (Å²) in [6.07, 6.45) is -0.227. The van der Waals surface area contributed by atoms with Gasteiger partial charge in [-0.25, -0.2) is 0 Å². The first kappa shape index (κ1) is 10.5. The minimum Gasteiger partial charge on any atom is -0.329 e. The van der Waals surface area contributed by atoms with Gasteiger partial charge in [0.1, 0.15) is 11.0 Å². The third-order valence-corrected chi connectivity index (χ3v) is 2.40. The van der Waals surface area contributed by atoms with Gasteiger partial charge in [0.15, 0.2) is 0 Å². The predicted molar refractivity (Wildman–Crippen MR) is 39.7 cm³/mol. The van der Waals surface area contributed by atoms with Gasteiger partial charge in [-0.3, -0.25) is 9.35 Å². The molecule has 0 aromatic heterocycles. The molecule has 0 aromatic rings. The normalized spacial score (nSPS) is 14.5. The zero-order chi connectivity index (χ0) is 9.07. The Hall–Kier alpha value is -0.460. The van der Waals surface area contributed by atoms with E-state index in [1.54, 1.807) is 0 Å². The predicted octanol–water partition coefficient (Wildman–Crippen LogP) is -0.819. The third-order valence-electron chi connectivity index (χ3n) is 1.20. The lowest BCUT2D eigenvalue weighted by Gasteiger charge is -2.07. The van der Waals surface area contributed by atoms with Gasteiger partial charge in [-0.1, -0.05) is 0 Å². The van der Waals surface area contributed by atoms with Crippen LogP contribution in [0.5, 0.6) is 0 Å². The van der Waals surface area contributed by atoms with Crippen LogP contribution in [0.4, 0.5) is 0 Å². The molecule has 0 rings (SSSR count). The Bertz CT molecular complexity index is 233. The molecular weight excluding hydrogens is 170 g/mol. The topological polar surface area (TPSA) is 97.5 Å². The van der Waals surface area contributed by atoms with Crippen LogP contribution in [0.25, 0.3) is 0 Å². The van der Waals surface area contributed by atoms with Crippen LogP contribution in [0, 0.1) is 0 Å². The van der Waals surface area contributed by atoms with Crippen LogP contribution in [0.15, 0.2) is 0 Å². The van der Waals surface area contributed by atoms with Gasteiger partial charge in [-0.2, -0.15) is 8.42 Å². The van der Waals surface area contributed by atoms with Crippen molar-refractivity contribution in [3.05, 3.63) is 0 Å². The number of hydrogen-bond acceptors (Lipinski definition) is 4. The van der Waals surface area contributed by atoms with E-state index in [9.17, 15) is 13.2 Å². The average molecular weight is 181 g/mol. The lowest BCUT2D eigenvalue weighted by Crippen LogP contribution is -2.30. The van der Waals surface area contributed by atoms with E-state index < -0.39 is 15.4 Å². The molecule has 0 aliphatic carbocycles. The Morgan fingerprint density at radius 2 is 2.09 bits per heavy atom. The van der Waals surface area contributed by atoms with Crippen LogP contribution < -0.4 is 5.73 Å². The largest absolute Gasteiger partial charge is 0.329 e. The molecule has 0 radical (unpaired) electrons. The third kappa shape index (κ3) is 4.07. The van der Waals surface area contributed by atoms with E-state index in [4.69, 9.17) is 10.3 Å². The second-order valence-electron chi connectivity index (χ2n) is 2.28. The van der Waals surface area contributed by atoms with E-state index in [2.05, 4.69) is 0 Å². The molecule has 1 atom stereocenters. The van der Waals surface area contributed by atoms with Gasteiger partial charge in [0.2, 0.25) is 0 Å². The van der Waals surface area contributed by atoms with E-state index in [0.29, 0.717) is 0 Å². The fourth-order valence-corrected chi connectivity index (χ4v) is 1.32. The van der Waals surface area contributed by atoms with Crippen molar-refractivity contribution in [1.29, 1.82) is 0 Å². The van der Waals surface area contributed by atoms with Crippen LogP contribution >= 0.6 is 0 Å². The highest BCUT2D eigenvalue weighted by molar-refractivity contribution is 7.86. The number of rotatable bonds is 4. The maximum absolute atomic E-state index is 10.4. The maximum Gasteiger partial charge on any atom is 0.269 e. The van der Waals surface area contributed by atoms with Crippen LogP contribution in [0.2, 0.25) is 0 Å². The van der Waals surface area contributed by atoms with Crippen LogP contribution in [0.3, 0.4) is 0 Å². The van der Waals surface area contributed by atoms with E-state index in [1.165, 1.54) is 6.92 Å². The van der Waals surface area contributed by atoms with E-state index in [-0.39, 0.29) is 18.7 Å². The maximum atomic E-state index is 10.4. The Morgan fingerprint density at radius 3 is 2.18 bits per heavy atom. The molecule has 11 heavy (non-hydrogen) atoms. The van der Waals surface area contributed by atoms with Crippen LogP contribution in [0.1, 0.15) is 13.3 Å². The van der Waals surface area contributed by atoms with Crippen molar-refractivity contribution in [3.63, 3.8) is 0 Å². The zero-order valence-corrected chi connectivity index (χ0v) is 6.97. The number of nitrogens with two attached hydrogens (primary N) is 1. The summed E-state index contributed by atoms with van der Waals surface area (Å²) in [6, 6.07) is 0. The molecule has 0 fully saturated rings. The first-order valence-electron chi connectivity index (χ1n) is 3.03. The molecule has 0 aromatic carbocycles. The monoisotopic (exact) mass is 181 g/mol. The van der Waals surface area contributed by atoms with E-state index in [1.807, 2.05) is 0 Å². The average Bonchev–Trinajstić information content (AvgIpc) is 1.79. The molecule has 0 heterocycles. The van der Waals surface area contributed by atoms with Crippen molar-refractivity contribution in [1.82, 2.24) is 0 Å². The molecule has 5 nitrogen and oxygen atoms in total. The van der Waals surface area contributed by atoms with E-state index >= 15 is 0 Å². The van der Waals surface area contributed by atoms with Crippen molar-refractivity contribution in [2.45, 2.75) is 18.6 Å². The molecule has 0 bridgehead atoms. The second-order valence-corrected chi connectivity index (χ2v) is 3.98. The van der Waals surface area contributed by atoms with Gasteiger partial charge in [-0.05, 0) is 6.92 Å². The molecule has 66 valence electrons. The standard InChI is InChI=1S/C5H11NO4S/c1-4(7)2-5(3-6)11(8,9)10/h5H,2-3,6H2,1H3,(H,8,9,10). The van der Waals surface area contributed by atoms with Gasteiger partial charge in [0, 0.05) is 13.0 Å². The minimum absolute atomic E-state index is 0.227. The summed E-state index contributed by atoms with van der Waals surface area (Å²) >= 11 is 0. The van der Waals surface area contributed by atoms with Crippen molar-refractivity contribution < 1.29 is 17.8 Å². The Labute approximate surface area is 65.3 Å². The molecule has 6 heteroatoms. The molecule has 0 spiro atoms. The molecule has 0 aliphatic rings. The number of Topliss-reactive ketones (excluding diaryl/α,β-unsaturated/α-hetero) is 1. The first-order valence-corrected chi connectivity index (χ1v) is 4.54. The highest BCUT2D eigenvalue weighted by atomic mass is 32.2. The summed E-state index contributed by atoms with van der Waals surface area (Å²) in [4.78, 5) is 10.4. The van der Waals surface area contributed by atoms with Crippen LogP contribution in [-0.4, -0.2) is 30.5 Å². The van der Waals surface area contributed by atoms with Gasteiger partial charge < -0.3 is 5.73 Å². The Kier molecular flexibility index (Phi) is 3.64. The first-order chi connectivity index (χ1) is 4.88. The summed E-state index contributed by atoms with van der Waals surface area (Å²) < 4.78 is 29.3. The molecule has 3 N–H and O–H groups in total. The number of carbonyl (C=O) groups excluding carboxylic acids is 1. The molecule has 0 saturated heterocycles. The molecule has 1 unspecified atom stereocenters. The fourth-order valence-electron chi connectivity index (χ4n) is 0.631. The van der Waals surface area contributed by atoms with Crippen LogP contribution in [-0.2, 0) is 14.9 Å². The van der Waals surface area contributed by atoms with Gasteiger partial charge in [0.25, 0.3) is 10.1 Å². The fraction of sp³-hybridized carbons (Fsp3) is 0.800. The molecule has 0 aliphatic heterocycles. The number of carbonyl (C=O) groups is 1. The lowest BCUT2D eigenvalue weighted by atomic mass is 10.2. The highest BCUT2D eigenvalue weighted by Gasteiger charge is 2.22. The highest BCUT2D eigenvalue weighted by Crippen LogP contribution is 2.02. The lowest BCUT2D eigenvalue weighted by molar-refractivity contribution is -0.117. The zero-order valence-electron chi connectivity index (χ0n) is 6.15. The molecule has 0 saturated carbocycles. The second kappa shape index (κ2) is 3.80. The van der Waals surface area contributed by atoms with Crippen molar-refractivity contribution in [3.8, 4) is 0 Å². The summed E-state index contributed by atoms with van der Waals surface area (Å²) in [5, 5.41) is -1.15. The Morgan fingerprint density at radius 1 is 1.64 bits per heavy atom. The van der Waals surface area contributed by atoms with Gasteiger partial charge in [0.05, 0.1) is 0 Å². The summed E-state index contributed by atoms with van der Waals surface area (Å²) in [5.41, 5.74) is 5.02. The SMILES string of the molecule is CC(=O)CC(CN)S(=O)(=O)O. The van der Waals surface area contributed by atoms with Gasteiger partial charge >= 0.3 is 0 Å². The Balaban J connectivity index is 4.31. The van der Waals surface area contributed by atoms with Crippen molar-refractivity contribution in [2.75, 3.05) is 6.54 Å². The molecular formula is C5H11NO4S. The minimum atomic E-state index is -4.16. The smallest absolute Gasteiger partial charge is 0.269 e. The number of ketones is 1. The van der Waals surface area contributed by atoms with Crippen molar-refractivity contribution >= 4 is 15.9 Å². The molecule has 0 amide bonds. The van der Waals surface area contributed by atoms with E-state index in [0.717, 1.165) is 0 Å². The number of hydrogen-bond donors (Lipinski definition) is 2.